The quantitative estimate of drug-likeness (QED) is 0.579. The molecule has 1 unspecified atom stereocenters. The van der Waals surface area contributed by atoms with Crippen LogP contribution in [0.1, 0.15) is 40.7 Å². The Morgan fingerprint density at radius 3 is 2.89 bits per heavy atom. The molecule has 0 radical (unpaired) electrons. The van der Waals surface area contributed by atoms with Gasteiger partial charge in [-0.3, -0.25) is 9.89 Å². The number of benzene rings is 1. The fraction of sp³-hybridized carbons (Fsp3) is 0.250. The molecule has 0 aliphatic heterocycles. The van der Waals surface area contributed by atoms with Crippen molar-refractivity contribution in [2.75, 3.05) is 7.05 Å². The summed E-state index contributed by atoms with van der Waals surface area (Å²) in [5.74, 6) is 0.749. The zero-order valence-electron chi connectivity index (χ0n) is 16.0. The number of hydrogen-bond acceptors (Lipinski definition) is 5. The van der Waals surface area contributed by atoms with E-state index in [1.165, 1.54) is 6.33 Å². The van der Waals surface area contributed by atoms with Gasteiger partial charge in [0.2, 0.25) is 0 Å². The number of hydrogen-bond donors (Lipinski definition) is 1. The molecule has 0 bridgehead atoms. The highest BCUT2D eigenvalue weighted by Crippen LogP contribution is 2.19. The second-order valence-corrected chi connectivity index (χ2v) is 6.74. The molecular formula is C20H21N7O. The summed E-state index contributed by atoms with van der Waals surface area (Å²) in [6.45, 7) is 4.46. The molecule has 28 heavy (non-hydrogen) atoms. The van der Waals surface area contributed by atoms with Crippen molar-refractivity contribution < 1.29 is 4.79 Å². The number of carbonyl (C=O) groups is 1. The third kappa shape index (κ3) is 3.24. The number of imidazole rings is 1. The molecule has 4 aromatic rings. The highest BCUT2D eigenvalue weighted by atomic mass is 16.2. The molecule has 1 atom stereocenters. The van der Waals surface area contributed by atoms with Gasteiger partial charge in [0.25, 0.3) is 5.91 Å². The monoisotopic (exact) mass is 375 g/mol. The number of rotatable bonds is 5. The molecule has 3 heterocycles. The molecule has 0 spiro atoms. The lowest BCUT2D eigenvalue weighted by Gasteiger charge is -2.23. The fourth-order valence-corrected chi connectivity index (χ4v) is 3.22. The number of nitrogens with zero attached hydrogens (tertiary/aromatic N) is 6. The number of carbonyl (C=O) groups excluding carboxylic acids is 1. The predicted octanol–water partition coefficient (Wildman–Crippen LogP) is 2.74. The Morgan fingerprint density at radius 2 is 2.11 bits per heavy atom. The minimum atomic E-state index is -0.185. The summed E-state index contributed by atoms with van der Waals surface area (Å²) in [6, 6.07) is 11.4. The summed E-state index contributed by atoms with van der Waals surface area (Å²) < 4.78 is 2.10. The maximum atomic E-state index is 12.8. The third-order valence-corrected chi connectivity index (χ3v) is 4.96. The van der Waals surface area contributed by atoms with Gasteiger partial charge in [-0.2, -0.15) is 5.10 Å². The Labute approximate surface area is 162 Å². The number of H-pyrrole nitrogens is 1. The maximum Gasteiger partial charge on any atom is 0.274 e. The first-order valence-electron chi connectivity index (χ1n) is 9.04. The predicted molar refractivity (Wildman–Crippen MR) is 105 cm³/mol. The molecular weight excluding hydrogens is 354 g/mol. The van der Waals surface area contributed by atoms with Crippen LogP contribution in [0.4, 0.5) is 0 Å². The molecule has 0 saturated carbocycles. The molecule has 8 heteroatoms. The summed E-state index contributed by atoms with van der Waals surface area (Å²) in [7, 11) is 1.75. The van der Waals surface area contributed by atoms with Gasteiger partial charge in [-0.15, -0.1) is 0 Å². The average Bonchev–Trinajstić information content (AvgIpc) is 3.32. The van der Waals surface area contributed by atoms with Crippen LogP contribution in [0.2, 0.25) is 0 Å². The highest BCUT2D eigenvalue weighted by Gasteiger charge is 2.22. The largest absolute Gasteiger partial charge is 0.332 e. The van der Waals surface area contributed by atoms with Crippen LogP contribution in [0, 0.1) is 6.92 Å². The minimum absolute atomic E-state index is 0.166. The van der Waals surface area contributed by atoms with Gasteiger partial charge in [-0.1, -0.05) is 12.1 Å². The molecule has 0 saturated heterocycles. The molecule has 1 N–H and O–H groups in total. The van der Waals surface area contributed by atoms with E-state index >= 15 is 0 Å². The van der Waals surface area contributed by atoms with E-state index in [2.05, 4.69) is 29.7 Å². The second-order valence-electron chi connectivity index (χ2n) is 6.74. The van der Waals surface area contributed by atoms with E-state index in [9.17, 15) is 4.79 Å². The van der Waals surface area contributed by atoms with Crippen LogP contribution in [0.15, 0.2) is 48.9 Å². The van der Waals surface area contributed by atoms with Crippen molar-refractivity contribution in [3.05, 3.63) is 71.8 Å². The van der Waals surface area contributed by atoms with E-state index in [-0.39, 0.29) is 11.9 Å². The summed E-state index contributed by atoms with van der Waals surface area (Å²) in [5.41, 5.74) is 4.01. The minimum Gasteiger partial charge on any atom is -0.332 e. The van der Waals surface area contributed by atoms with Crippen LogP contribution in [-0.4, -0.2) is 47.6 Å². The molecule has 4 rings (SSSR count). The summed E-state index contributed by atoms with van der Waals surface area (Å²) >= 11 is 0. The number of aryl methyl sites for hydroxylation is 1. The van der Waals surface area contributed by atoms with Crippen molar-refractivity contribution >= 4 is 16.9 Å². The number of nitrogens with one attached hydrogen (secondary N) is 1. The SMILES string of the molecule is Cc1nc2ccccc2n1Cc1cc(C(=O)N(C)C(C)c2ccncn2)n[nH]1. The van der Waals surface area contributed by atoms with Gasteiger partial charge in [-0.05, 0) is 38.1 Å². The zero-order chi connectivity index (χ0) is 19.7. The topological polar surface area (TPSA) is 92.6 Å². The van der Waals surface area contributed by atoms with Gasteiger partial charge in [0.15, 0.2) is 0 Å². The van der Waals surface area contributed by atoms with Crippen molar-refractivity contribution in [3.63, 3.8) is 0 Å². The van der Waals surface area contributed by atoms with Gasteiger partial charge in [0, 0.05) is 13.2 Å². The Morgan fingerprint density at radius 1 is 1.29 bits per heavy atom. The van der Waals surface area contributed by atoms with Crippen LogP contribution in [0.3, 0.4) is 0 Å². The average molecular weight is 375 g/mol. The first kappa shape index (κ1) is 17.8. The number of aromatic amines is 1. The standard InChI is InChI=1S/C20H21N7O/c1-13(16-8-9-21-12-22-16)26(3)20(28)18-10-15(24-25-18)11-27-14(2)23-17-6-4-5-7-19(17)27/h4-10,12-13H,11H2,1-3H3,(H,24,25). The molecule has 142 valence electrons. The lowest BCUT2D eigenvalue weighted by Crippen LogP contribution is -2.30. The van der Waals surface area contributed by atoms with E-state index in [4.69, 9.17) is 0 Å². The molecule has 0 aliphatic rings. The van der Waals surface area contributed by atoms with Gasteiger partial charge in [-0.25, -0.2) is 15.0 Å². The highest BCUT2D eigenvalue weighted by molar-refractivity contribution is 5.92. The Balaban J connectivity index is 1.54. The Kier molecular flexibility index (Phi) is 4.60. The lowest BCUT2D eigenvalue weighted by atomic mass is 10.2. The Hall–Kier alpha value is -3.55. The van der Waals surface area contributed by atoms with Crippen molar-refractivity contribution in [3.8, 4) is 0 Å². The van der Waals surface area contributed by atoms with Gasteiger partial charge in [0.1, 0.15) is 17.8 Å². The van der Waals surface area contributed by atoms with Crippen LogP contribution >= 0.6 is 0 Å². The maximum absolute atomic E-state index is 12.8. The van der Waals surface area contributed by atoms with Crippen molar-refractivity contribution in [1.82, 2.24) is 34.6 Å². The second kappa shape index (κ2) is 7.22. The van der Waals surface area contributed by atoms with E-state index in [1.54, 1.807) is 30.3 Å². The number of aromatic nitrogens is 6. The Bertz CT molecular complexity index is 1120. The molecule has 0 aliphatic carbocycles. The smallest absolute Gasteiger partial charge is 0.274 e. The van der Waals surface area contributed by atoms with Gasteiger partial charge >= 0.3 is 0 Å². The number of fused-ring (bicyclic) bond motifs is 1. The van der Waals surface area contributed by atoms with Crippen molar-refractivity contribution in [2.45, 2.75) is 26.4 Å². The number of amides is 1. The molecule has 1 aromatic carbocycles. The van der Waals surface area contributed by atoms with Crippen molar-refractivity contribution in [2.24, 2.45) is 0 Å². The van der Waals surface area contributed by atoms with Crippen LogP contribution < -0.4 is 0 Å². The van der Waals surface area contributed by atoms with E-state index in [1.807, 2.05) is 38.1 Å². The van der Waals surface area contributed by atoms with Crippen molar-refractivity contribution in [1.29, 1.82) is 0 Å². The van der Waals surface area contributed by atoms with E-state index in [0.29, 0.717) is 12.2 Å². The molecule has 0 fully saturated rings. The summed E-state index contributed by atoms with van der Waals surface area (Å²) in [6.07, 6.45) is 3.15. The van der Waals surface area contributed by atoms with E-state index < -0.39 is 0 Å². The molecule has 8 nitrogen and oxygen atoms in total. The van der Waals surface area contributed by atoms with Crippen LogP contribution in [0.25, 0.3) is 11.0 Å². The third-order valence-electron chi connectivity index (χ3n) is 4.96. The van der Waals surface area contributed by atoms with Gasteiger partial charge in [0.05, 0.1) is 35.0 Å². The van der Waals surface area contributed by atoms with Gasteiger partial charge < -0.3 is 9.47 Å². The molecule has 3 aromatic heterocycles. The first-order valence-corrected chi connectivity index (χ1v) is 9.04. The number of para-hydroxylation sites is 2. The fourth-order valence-electron chi connectivity index (χ4n) is 3.22. The van der Waals surface area contributed by atoms with E-state index in [0.717, 1.165) is 28.2 Å². The zero-order valence-corrected chi connectivity index (χ0v) is 16.0. The molecule has 1 amide bonds. The van der Waals surface area contributed by atoms with Crippen LogP contribution in [-0.2, 0) is 6.54 Å². The normalized spacial score (nSPS) is 12.2. The summed E-state index contributed by atoms with van der Waals surface area (Å²) in [4.78, 5) is 27.2. The lowest BCUT2D eigenvalue weighted by molar-refractivity contribution is 0.0733. The van der Waals surface area contributed by atoms with Crippen LogP contribution in [0.5, 0.6) is 0 Å². The first-order chi connectivity index (χ1) is 13.5. The summed E-state index contributed by atoms with van der Waals surface area (Å²) in [5, 5.41) is 7.20.